The molecule has 0 saturated carbocycles. The highest BCUT2D eigenvalue weighted by Crippen LogP contribution is 2.20. The lowest BCUT2D eigenvalue weighted by molar-refractivity contribution is -0.130. The molecule has 0 unspecified atom stereocenters. The maximum Gasteiger partial charge on any atom is 0.270 e. The Labute approximate surface area is 141 Å². The maximum atomic E-state index is 12.5. The van der Waals surface area contributed by atoms with Gasteiger partial charge in [0.15, 0.2) is 0 Å². The lowest BCUT2D eigenvalue weighted by atomic mass is 10.1. The molecule has 1 aliphatic rings. The number of rotatable bonds is 5. The van der Waals surface area contributed by atoms with Crippen molar-refractivity contribution in [3.05, 3.63) is 30.3 Å². The average molecular weight is 330 g/mol. The summed E-state index contributed by atoms with van der Waals surface area (Å²) in [4.78, 5) is 37.6. The van der Waals surface area contributed by atoms with Crippen LogP contribution in [0.2, 0.25) is 0 Å². The molecule has 1 aromatic carbocycles. The fourth-order valence-electron chi connectivity index (χ4n) is 2.35. The second kappa shape index (κ2) is 7.72. The molecule has 1 aromatic rings. The Morgan fingerprint density at radius 3 is 2.54 bits per heavy atom. The van der Waals surface area contributed by atoms with Gasteiger partial charge in [-0.05, 0) is 26.0 Å². The van der Waals surface area contributed by atoms with Crippen molar-refractivity contribution in [3.8, 4) is 0 Å². The number of carbonyl (C=O) groups excluding carboxylic acids is 3. The molecule has 1 N–H and O–H groups in total. The average Bonchev–Trinajstić information content (AvgIpc) is 2.54. The number of para-hydroxylation sites is 1. The quantitative estimate of drug-likeness (QED) is 0.879. The number of hydrazone groups is 1. The smallest absolute Gasteiger partial charge is 0.270 e. The second-order valence-electron chi connectivity index (χ2n) is 5.97. The molecular weight excluding hydrogens is 308 g/mol. The Hall–Kier alpha value is -2.70. The molecule has 128 valence electrons. The van der Waals surface area contributed by atoms with Crippen molar-refractivity contribution in [1.29, 1.82) is 0 Å². The third-order valence-corrected chi connectivity index (χ3v) is 3.46. The van der Waals surface area contributed by atoms with Gasteiger partial charge in [-0.15, -0.1) is 0 Å². The van der Waals surface area contributed by atoms with E-state index in [0.29, 0.717) is 5.69 Å². The molecule has 0 aromatic heterocycles. The molecule has 24 heavy (non-hydrogen) atoms. The van der Waals surface area contributed by atoms with E-state index >= 15 is 0 Å². The Morgan fingerprint density at radius 1 is 1.25 bits per heavy atom. The molecule has 3 amide bonds. The minimum atomic E-state index is -0.345. The van der Waals surface area contributed by atoms with E-state index in [1.807, 2.05) is 19.9 Å². The molecule has 1 heterocycles. The molecule has 2 rings (SSSR count). The molecule has 1 aliphatic heterocycles. The van der Waals surface area contributed by atoms with Crippen LogP contribution in [0.25, 0.3) is 0 Å². The van der Waals surface area contributed by atoms with E-state index in [0.717, 1.165) is 0 Å². The number of hydrogen-bond donors (Lipinski definition) is 1. The predicted molar refractivity (Wildman–Crippen MR) is 91.5 cm³/mol. The first-order chi connectivity index (χ1) is 11.4. The monoisotopic (exact) mass is 330 g/mol. The van der Waals surface area contributed by atoms with Gasteiger partial charge >= 0.3 is 0 Å². The zero-order valence-electron chi connectivity index (χ0n) is 14.2. The normalized spacial score (nSPS) is 14.4. The highest BCUT2D eigenvalue weighted by molar-refractivity contribution is 6.40. The minimum absolute atomic E-state index is 0.0132. The van der Waals surface area contributed by atoms with E-state index in [-0.39, 0.29) is 48.9 Å². The molecule has 0 bridgehead atoms. The molecular formula is C17H22N4O3. The zero-order chi connectivity index (χ0) is 17.7. The van der Waals surface area contributed by atoms with Gasteiger partial charge in [-0.25, -0.2) is 5.01 Å². The van der Waals surface area contributed by atoms with Crippen LogP contribution in [0.5, 0.6) is 0 Å². The van der Waals surface area contributed by atoms with Crippen molar-refractivity contribution in [3.63, 3.8) is 0 Å². The third-order valence-electron chi connectivity index (χ3n) is 3.46. The van der Waals surface area contributed by atoms with Gasteiger partial charge in [0.25, 0.3) is 5.91 Å². The summed E-state index contributed by atoms with van der Waals surface area (Å²) in [7, 11) is 1.55. The number of amides is 3. The minimum Gasteiger partial charge on any atom is -0.352 e. The van der Waals surface area contributed by atoms with Crippen LogP contribution < -0.4 is 10.3 Å². The fraction of sp³-hybridized carbons (Fsp3) is 0.412. The van der Waals surface area contributed by atoms with Crippen molar-refractivity contribution in [2.75, 3.05) is 18.6 Å². The molecule has 7 heteroatoms. The second-order valence-corrected chi connectivity index (χ2v) is 5.97. The van der Waals surface area contributed by atoms with E-state index in [1.165, 1.54) is 9.91 Å². The summed E-state index contributed by atoms with van der Waals surface area (Å²) in [5.74, 6) is -0.728. The van der Waals surface area contributed by atoms with Crippen LogP contribution in [0.15, 0.2) is 35.4 Å². The Morgan fingerprint density at radius 2 is 1.92 bits per heavy atom. The molecule has 7 nitrogen and oxygen atoms in total. The summed E-state index contributed by atoms with van der Waals surface area (Å²) < 4.78 is 0. The van der Waals surface area contributed by atoms with Crippen LogP contribution in [0.3, 0.4) is 0 Å². The third kappa shape index (κ3) is 4.41. The van der Waals surface area contributed by atoms with Crippen molar-refractivity contribution >= 4 is 29.1 Å². The van der Waals surface area contributed by atoms with Gasteiger partial charge in [0.05, 0.1) is 12.2 Å². The molecule has 0 aliphatic carbocycles. The summed E-state index contributed by atoms with van der Waals surface area (Å²) in [6.45, 7) is 3.66. The van der Waals surface area contributed by atoms with Crippen LogP contribution in [-0.2, 0) is 14.4 Å². The number of nitrogens with one attached hydrogen (secondary N) is 1. The fourth-order valence-corrected chi connectivity index (χ4v) is 2.35. The van der Waals surface area contributed by atoms with Gasteiger partial charge in [-0.1, -0.05) is 18.2 Å². The standard InChI is InChI=1S/C17H22N4O3/c1-12(2)18-15(22)11-20(3)17(24)14-9-10-16(23)21(19-14)13-7-5-4-6-8-13/h4-8,12H,9-11H2,1-3H3,(H,18,22). The van der Waals surface area contributed by atoms with Crippen molar-refractivity contribution in [1.82, 2.24) is 10.2 Å². The molecule has 0 saturated heterocycles. The highest BCUT2D eigenvalue weighted by Gasteiger charge is 2.27. The van der Waals surface area contributed by atoms with E-state index in [9.17, 15) is 14.4 Å². The molecule has 0 radical (unpaired) electrons. The van der Waals surface area contributed by atoms with E-state index < -0.39 is 0 Å². The van der Waals surface area contributed by atoms with Crippen LogP contribution in [0.1, 0.15) is 26.7 Å². The van der Waals surface area contributed by atoms with Gasteiger partial charge in [0.2, 0.25) is 11.8 Å². The van der Waals surface area contributed by atoms with Crippen molar-refractivity contribution in [2.24, 2.45) is 5.10 Å². The lowest BCUT2D eigenvalue weighted by Gasteiger charge is -2.25. The number of benzene rings is 1. The largest absolute Gasteiger partial charge is 0.352 e. The molecule has 0 spiro atoms. The first kappa shape index (κ1) is 17.7. The van der Waals surface area contributed by atoms with Gasteiger partial charge in [0.1, 0.15) is 5.71 Å². The van der Waals surface area contributed by atoms with Crippen LogP contribution >= 0.6 is 0 Å². The zero-order valence-corrected chi connectivity index (χ0v) is 14.2. The summed E-state index contributed by atoms with van der Waals surface area (Å²) in [5.41, 5.74) is 0.894. The summed E-state index contributed by atoms with van der Waals surface area (Å²) in [6.07, 6.45) is 0.489. The molecule has 0 atom stereocenters. The molecule has 0 fully saturated rings. The summed E-state index contributed by atoms with van der Waals surface area (Å²) in [5, 5.41) is 8.18. The van der Waals surface area contributed by atoms with E-state index in [2.05, 4.69) is 10.4 Å². The van der Waals surface area contributed by atoms with E-state index in [1.54, 1.807) is 31.3 Å². The summed E-state index contributed by atoms with van der Waals surface area (Å²) in [6, 6.07) is 8.98. The number of carbonyl (C=O) groups is 3. The van der Waals surface area contributed by atoms with Crippen LogP contribution in [0.4, 0.5) is 5.69 Å². The highest BCUT2D eigenvalue weighted by atomic mass is 16.2. The SMILES string of the molecule is CC(C)NC(=O)CN(C)C(=O)C1=NN(c2ccccc2)C(=O)CC1. The van der Waals surface area contributed by atoms with Crippen molar-refractivity contribution < 1.29 is 14.4 Å². The van der Waals surface area contributed by atoms with Crippen LogP contribution in [-0.4, -0.2) is 48.0 Å². The lowest BCUT2D eigenvalue weighted by Crippen LogP contribution is -2.45. The van der Waals surface area contributed by atoms with Gasteiger partial charge in [0, 0.05) is 25.9 Å². The van der Waals surface area contributed by atoms with E-state index in [4.69, 9.17) is 0 Å². The number of nitrogens with zero attached hydrogens (tertiary/aromatic N) is 3. The first-order valence-corrected chi connectivity index (χ1v) is 7.88. The number of hydrogen-bond acceptors (Lipinski definition) is 4. The maximum absolute atomic E-state index is 12.5. The summed E-state index contributed by atoms with van der Waals surface area (Å²) >= 11 is 0. The Balaban J connectivity index is 2.11. The van der Waals surface area contributed by atoms with Gasteiger partial charge < -0.3 is 10.2 Å². The topological polar surface area (TPSA) is 82.1 Å². The predicted octanol–water partition coefficient (Wildman–Crippen LogP) is 1.15. The first-order valence-electron chi connectivity index (χ1n) is 7.88. The van der Waals surface area contributed by atoms with Gasteiger partial charge in [-0.2, -0.15) is 5.10 Å². The number of likely N-dealkylation sites (N-methyl/N-ethyl adjacent to an activating group) is 1. The number of anilines is 1. The Bertz CT molecular complexity index is 655. The Kier molecular flexibility index (Phi) is 5.68. The van der Waals surface area contributed by atoms with Gasteiger partial charge in [-0.3, -0.25) is 14.4 Å². The van der Waals surface area contributed by atoms with Crippen molar-refractivity contribution in [2.45, 2.75) is 32.7 Å². The van der Waals surface area contributed by atoms with Crippen LogP contribution in [0, 0.1) is 0 Å².